The molecule has 3 rings (SSSR count). The average molecular weight is 345 g/mol. The maximum atomic E-state index is 12.8. The van der Waals surface area contributed by atoms with E-state index in [1.165, 1.54) is 7.11 Å². The summed E-state index contributed by atoms with van der Waals surface area (Å²) in [6, 6.07) is 10.8. The van der Waals surface area contributed by atoms with E-state index in [0.717, 1.165) is 15.4 Å². The molecule has 0 saturated heterocycles. The highest BCUT2D eigenvalue weighted by Crippen LogP contribution is 2.28. The molecule has 21 heavy (non-hydrogen) atoms. The Morgan fingerprint density at radius 1 is 1.19 bits per heavy atom. The van der Waals surface area contributed by atoms with E-state index in [1.807, 2.05) is 18.2 Å². The number of halogens is 1. The number of ether oxygens (including phenoxy) is 1. The standard InChI is InChI=1S/C16H13BrN2O2/c1-21-15-7-10(18)3-4-11(15)16(20)13-8-19-14-5-2-9(17)6-12(13)14/h2-8,19H,18H2,1H3. The number of hydrogen-bond donors (Lipinski definition) is 2. The van der Waals surface area contributed by atoms with Gasteiger partial charge < -0.3 is 15.5 Å². The van der Waals surface area contributed by atoms with Crippen LogP contribution in [0.5, 0.6) is 5.75 Å². The Kier molecular flexibility index (Phi) is 3.43. The van der Waals surface area contributed by atoms with E-state index in [1.54, 1.807) is 24.4 Å². The molecule has 5 heteroatoms. The normalized spacial score (nSPS) is 10.8. The highest BCUT2D eigenvalue weighted by Gasteiger charge is 2.18. The van der Waals surface area contributed by atoms with Crippen molar-refractivity contribution in [1.82, 2.24) is 4.98 Å². The fourth-order valence-corrected chi connectivity index (χ4v) is 2.68. The summed E-state index contributed by atoms with van der Waals surface area (Å²) >= 11 is 3.43. The largest absolute Gasteiger partial charge is 0.496 e. The van der Waals surface area contributed by atoms with Gasteiger partial charge in [-0.15, -0.1) is 0 Å². The quantitative estimate of drug-likeness (QED) is 0.561. The molecule has 0 aliphatic rings. The SMILES string of the molecule is COc1cc(N)ccc1C(=O)c1c[nH]c2ccc(Br)cc12. The predicted molar refractivity (Wildman–Crippen MR) is 86.8 cm³/mol. The molecule has 0 atom stereocenters. The molecule has 0 fully saturated rings. The number of aromatic amines is 1. The number of carbonyl (C=O) groups excluding carboxylic acids is 1. The Bertz CT molecular complexity index is 839. The summed E-state index contributed by atoms with van der Waals surface area (Å²) in [5.74, 6) is 0.376. The predicted octanol–water partition coefficient (Wildman–Crippen LogP) is 3.75. The highest BCUT2D eigenvalue weighted by molar-refractivity contribution is 9.10. The Labute approximate surface area is 130 Å². The van der Waals surface area contributed by atoms with E-state index < -0.39 is 0 Å². The summed E-state index contributed by atoms with van der Waals surface area (Å²) < 4.78 is 6.18. The fourth-order valence-electron chi connectivity index (χ4n) is 2.32. The molecule has 0 spiro atoms. The summed E-state index contributed by atoms with van der Waals surface area (Å²) in [5.41, 5.74) is 8.30. The summed E-state index contributed by atoms with van der Waals surface area (Å²) in [6.07, 6.45) is 1.72. The first-order valence-corrected chi connectivity index (χ1v) is 7.14. The van der Waals surface area contributed by atoms with Gasteiger partial charge >= 0.3 is 0 Å². The molecular formula is C16H13BrN2O2. The van der Waals surface area contributed by atoms with Crippen molar-refractivity contribution in [3.8, 4) is 5.75 Å². The molecular weight excluding hydrogens is 332 g/mol. The minimum absolute atomic E-state index is 0.101. The van der Waals surface area contributed by atoms with E-state index in [4.69, 9.17) is 10.5 Å². The van der Waals surface area contributed by atoms with Gasteiger partial charge in [0, 0.05) is 38.9 Å². The van der Waals surface area contributed by atoms with Gasteiger partial charge in [-0.25, -0.2) is 0 Å². The van der Waals surface area contributed by atoms with Crippen LogP contribution >= 0.6 is 15.9 Å². The number of H-pyrrole nitrogens is 1. The number of anilines is 1. The Morgan fingerprint density at radius 2 is 2.00 bits per heavy atom. The first-order chi connectivity index (χ1) is 10.1. The van der Waals surface area contributed by atoms with Gasteiger partial charge in [0.1, 0.15) is 5.75 Å². The van der Waals surface area contributed by atoms with Crippen molar-refractivity contribution in [3.05, 3.63) is 58.2 Å². The zero-order valence-corrected chi connectivity index (χ0v) is 12.9. The number of rotatable bonds is 3. The number of fused-ring (bicyclic) bond motifs is 1. The number of carbonyl (C=O) groups is 1. The second-order valence-corrected chi connectivity index (χ2v) is 5.60. The Hall–Kier alpha value is -2.27. The van der Waals surface area contributed by atoms with Gasteiger partial charge in [0.05, 0.1) is 12.7 Å². The number of nitrogens with one attached hydrogen (secondary N) is 1. The third-order valence-electron chi connectivity index (χ3n) is 3.36. The number of benzene rings is 2. The first-order valence-electron chi connectivity index (χ1n) is 6.35. The Morgan fingerprint density at radius 3 is 2.76 bits per heavy atom. The van der Waals surface area contributed by atoms with Crippen LogP contribution in [-0.2, 0) is 0 Å². The number of nitrogen functional groups attached to an aromatic ring is 1. The highest BCUT2D eigenvalue weighted by atomic mass is 79.9. The fraction of sp³-hybridized carbons (Fsp3) is 0.0625. The third kappa shape index (κ3) is 2.40. The molecule has 0 amide bonds. The van der Waals surface area contributed by atoms with Gasteiger partial charge in [-0.3, -0.25) is 4.79 Å². The minimum atomic E-state index is -0.101. The minimum Gasteiger partial charge on any atom is -0.496 e. The molecule has 0 saturated carbocycles. The van der Waals surface area contributed by atoms with Crippen molar-refractivity contribution >= 4 is 38.3 Å². The molecule has 0 bridgehead atoms. The van der Waals surface area contributed by atoms with E-state index in [2.05, 4.69) is 20.9 Å². The van der Waals surface area contributed by atoms with E-state index in [0.29, 0.717) is 22.6 Å². The number of methoxy groups -OCH3 is 1. The van der Waals surface area contributed by atoms with Crippen molar-refractivity contribution in [3.63, 3.8) is 0 Å². The molecule has 0 radical (unpaired) electrons. The van der Waals surface area contributed by atoms with Crippen LogP contribution in [0.15, 0.2) is 47.1 Å². The van der Waals surface area contributed by atoms with Crippen molar-refractivity contribution in [2.45, 2.75) is 0 Å². The zero-order chi connectivity index (χ0) is 15.0. The molecule has 4 nitrogen and oxygen atoms in total. The number of ketones is 1. The maximum Gasteiger partial charge on any atom is 0.198 e. The van der Waals surface area contributed by atoms with Gasteiger partial charge in [0.2, 0.25) is 0 Å². The summed E-state index contributed by atoms with van der Waals surface area (Å²) in [7, 11) is 1.53. The van der Waals surface area contributed by atoms with E-state index in [9.17, 15) is 4.79 Å². The van der Waals surface area contributed by atoms with Crippen LogP contribution < -0.4 is 10.5 Å². The molecule has 3 N–H and O–H groups in total. The monoisotopic (exact) mass is 344 g/mol. The number of nitrogens with two attached hydrogens (primary N) is 1. The molecule has 0 aliphatic heterocycles. The van der Waals surface area contributed by atoms with Crippen LogP contribution in [-0.4, -0.2) is 17.9 Å². The van der Waals surface area contributed by atoms with E-state index in [-0.39, 0.29) is 5.78 Å². The smallest absolute Gasteiger partial charge is 0.198 e. The van der Waals surface area contributed by atoms with Gasteiger partial charge in [-0.05, 0) is 30.3 Å². The van der Waals surface area contributed by atoms with Crippen LogP contribution in [0.3, 0.4) is 0 Å². The summed E-state index contributed by atoms with van der Waals surface area (Å²) in [6.45, 7) is 0. The lowest BCUT2D eigenvalue weighted by Gasteiger charge is -2.08. The second kappa shape index (κ2) is 5.26. The van der Waals surface area contributed by atoms with Gasteiger partial charge in [0.25, 0.3) is 0 Å². The average Bonchev–Trinajstić information content (AvgIpc) is 2.89. The van der Waals surface area contributed by atoms with Crippen molar-refractivity contribution in [2.24, 2.45) is 0 Å². The van der Waals surface area contributed by atoms with Crippen LogP contribution in [0.4, 0.5) is 5.69 Å². The molecule has 3 aromatic rings. The number of hydrogen-bond acceptors (Lipinski definition) is 3. The van der Waals surface area contributed by atoms with Gasteiger partial charge in [0.15, 0.2) is 5.78 Å². The first kappa shape index (κ1) is 13.7. The molecule has 2 aromatic carbocycles. The lowest BCUT2D eigenvalue weighted by molar-refractivity contribution is 0.103. The number of aromatic nitrogens is 1. The topological polar surface area (TPSA) is 68.1 Å². The Balaban J connectivity index is 2.15. The van der Waals surface area contributed by atoms with Crippen molar-refractivity contribution in [2.75, 3.05) is 12.8 Å². The zero-order valence-electron chi connectivity index (χ0n) is 11.3. The van der Waals surface area contributed by atoms with Crippen LogP contribution in [0.25, 0.3) is 10.9 Å². The van der Waals surface area contributed by atoms with Crippen LogP contribution in [0, 0.1) is 0 Å². The summed E-state index contributed by atoms with van der Waals surface area (Å²) in [4.78, 5) is 15.9. The van der Waals surface area contributed by atoms with Crippen LogP contribution in [0.2, 0.25) is 0 Å². The lowest BCUT2D eigenvalue weighted by Crippen LogP contribution is -2.04. The lowest BCUT2D eigenvalue weighted by atomic mass is 10.0. The van der Waals surface area contributed by atoms with Gasteiger partial charge in [-0.2, -0.15) is 0 Å². The molecule has 1 aromatic heterocycles. The van der Waals surface area contributed by atoms with Crippen molar-refractivity contribution < 1.29 is 9.53 Å². The third-order valence-corrected chi connectivity index (χ3v) is 3.85. The molecule has 0 aliphatic carbocycles. The molecule has 1 heterocycles. The van der Waals surface area contributed by atoms with Gasteiger partial charge in [-0.1, -0.05) is 15.9 Å². The van der Waals surface area contributed by atoms with E-state index >= 15 is 0 Å². The molecule has 106 valence electrons. The van der Waals surface area contributed by atoms with Crippen LogP contribution in [0.1, 0.15) is 15.9 Å². The maximum absolute atomic E-state index is 12.8. The van der Waals surface area contributed by atoms with Crippen molar-refractivity contribution in [1.29, 1.82) is 0 Å². The molecule has 0 unspecified atom stereocenters. The summed E-state index contributed by atoms with van der Waals surface area (Å²) in [5, 5.41) is 0.869. The second-order valence-electron chi connectivity index (χ2n) is 4.68.